The highest BCUT2D eigenvalue weighted by Gasteiger charge is 2.11. The van der Waals surface area contributed by atoms with Gasteiger partial charge in [-0.2, -0.15) is 4.98 Å². The number of amides is 1. The number of rotatable bonds is 6. The highest BCUT2D eigenvalue weighted by Crippen LogP contribution is 2.30. The lowest BCUT2D eigenvalue weighted by atomic mass is 10.1. The molecule has 0 unspecified atom stereocenters. The summed E-state index contributed by atoms with van der Waals surface area (Å²) in [5.74, 6) is 1.91. The molecule has 1 heterocycles. The van der Waals surface area contributed by atoms with E-state index in [-0.39, 0.29) is 11.9 Å². The van der Waals surface area contributed by atoms with E-state index in [1.54, 1.807) is 37.6 Å². The van der Waals surface area contributed by atoms with E-state index in [1.165, 1.54) is 0 Å². The first-order valence-electron chi connectivity index (χ1n) is 8.62. The van der Waals surface area contributed by atoms with Crippen LogP contribution in [0.25, 0.3) is 11.4 Å². The number of aromatic nitrogens is 2. The number of hydrogen-bond acceptors (Lipinski definition) is 5. The van der Waals surface area contributed by atoms with Gasteiger partial charge < -0.3 is 14.8 Å². The summed E-state index contributed by atoms with van der Waals surface area (Å²) in [5, 5.41) is 2.88. The molecular formula is C21H21N3O3. The van der Waals surface area contributed by atoms with Crippen molar-refractivity contribution in [2.45, 2.75) is 19.9 Å². The zero-order valence-electron chi connectivity index (χ0n) is 15.5. The van der Waals surface area contributed by atoms with Gasteiger partial charge >= 0.3 is 0 Å². The van der Waals surface area contributed by atoms with E-state index < -0.39 is 0 Å². The molecule has 0 aliphatic heterocycles. The molecule has 1 amide bonds. The van der Waals surface area contributed by atoms with Gasteiger partial charge in [0, 0.05) is 29.4 Å². The molecular weight excluding hydrogens is 342 g/mol. The Bertz CT molecular complexity index is 941. The molecule has 3 aromatic rings. The molecule has 0 atom stereocenters. The molecule has 3 rings (SSSR count). The number of carbonyl (C=O) groups is 1. The van der Waals surface area contributed by atoms with Crippen molar-refractivity contribution in [2.75, 3.05) is 7.11 Å². The van der Waals surface area contributed by atoms with Crippen LogP contribution in [0, 0.1) is 0 Å². The number of ether oxygens (including phenoxy) is 2. The van der Waals surface area contributed by atoms with Crippen molar-refractivity contribution in [2.24, 2.45) is 0 Å². The second-order valence-corrected chi connectivity index (χ2v) is 6.18. The van der Waals surface area contributed by atoms with E-state index in [1.807, 2.05) is 44.2 Å². The number of methoxy groups -OCH3 is 1. The van der Waals surface area contributed by atoms with Crippen molar-refractivity contribution in [3.8, 4) is 28.8 Å². The fraction of sp³-hybridized carbons (Fsp3) is 0.190. The Balaban J connectivity index is 1.86. The number of benzene rings is 2. The summed E-state index contributed by atoms with van der Waals surface area (Å²) in [6.07, 6.45) is 1.62. The van der Waals surface area contributed by atoms with Gasteiger partial charge in [0.1, 0.15) is 0 Å². The van der Waals surface area contributed by atoms with E-state index in [0.29, 0.717) is 28.8 Å². The molecule has 0 fully saturated rings. The molecule has 1 N–H and O–H groups in total. The SMILES string of the molecule is COc1ccccc1Oc1ccnc(-c2cccc(C(=O)NC(C)C)c2)n1. The Morgan fingerprint density at radius 3 is 2.56 bits per heavy atom. The standard InChI is InChI=1S/C21H21N3O3/c1-14(2)23-21(25)16-8-6-7-15(13-16)20-22-12-11-19(24-20)27-18-10-5-4-9-17(18)26-3/h4-14H,1-3H3,(H,23,25). The van der Waals surface area contributed by atoms with Gasteiger partial charge in [0.05, 0.1) is 7.11 Å². The fourth-order valence-corrected chi connectivity index (χ4v) is 2.50. The maximum absolute atomic E-state index is 12.2. The number of nitrogens with one attached hydrogen (secondary N) is 1. The predicted octanol–water partition coefficient (Wildman–Crippen LogP) is 4.08. The van der Waals surface area contributed by atoms with Crippen LogP contribution in [0.4, 0.5) is 0 Å². The lowest BCUT2D eigenvalue weighted by molar-refractivity contribution is 0.0943. The lowest BCUT2D eigenvalue weighted by Gasteiger charge is -2.11. The molecule has 0 spiro atoms. The molecule has 138 valence electrons. The summed E-state index contributed by atoms with van der Waals surface area (Å²) in [6.45, 7) is 3.84. The van der Waals surface area contributed by atoms with E-state index >= 15 is 0 Å². The number of carbonyl (C=O) groups excluding carboxylic acids is 1. The molecule has 2 aromatic carbocycles. The van der Waals surface area contributed by atoms with Crippen LogP contribution < -0.4 is 14.8 Å². The summed E-state index contributed by atoms with van der Waals surface area (Å²) >= 11 is 0. The average molecular weight is 363 g/mol. The molecule has 27 heavy (non-hydrogen) atoms. The maximum atomic E-state index is 12.2. The monoisotopic (exact) mass is 363 g/mol. The van der Waals surface area contributed by atoms with Crippen molar-refractivity contribution >= 4 is 5.91 Å². The summed E-state index contributed by atoms with van der Waals surface area (Å²) in [6, 6.07) is 16.3. The topological polar surface area (TPSA) is 73.3 Å². The minimum atomic E-state index is -0.131. The summed E-state index contributed by atoms with van der Waals surface area (Å²) < 4.78 is 11.1. The first-order valence-corrected chi connectivity index (χ1v) is 8.62. The van der Waals surface area contributed by atoms with Crippen LogP contribution in [0.3, 0.4) is 0 Å². The van der Waals surface area contributed by atoms with Gasteiger partial charge in [-0.3, -0.25) is 4.79 Å². The van der Waals surface area contributed by atoms with Gasteiger partial charge in [-0.05, 0) is 38.1 Å². The van der Waals surface area contributed by atoms with E-state index in [4.69, 9.17) is 9.47 Å². The fourth-order valence-electron chi connectivity index (χ4n) is 2.50. The van der Waals surface area contributed by atoms with Crippen LogP contribution in [0.2, 0.25) is 0 Å². The van der Waals surface area contributed by atoms with Crippen molar-refractivity contribution in [1.82, 2.24) is 15.3 Å². The van der Waals surface area contributed by atoms with Crippen molar-refractivity contribution in [1.29, 1.82) is 0 Å². The minimum absolute atomic E-state index is 0.0648. The Morgan fingerprint density at radius 2 is 1.81 bits per heavy atom. The van der Waals surface area contributed by atoms with Crippen LogP contribution in [0.15, 0.2) is 60.8 Å². The Labute approximate surface area is 158 Å². The van der Waals surface area contributed by atoms with Crippen molar-refractivity contribution in [3.05, 3.63) is 66.4 Å². The largest absolute Gasteiger partial charge is 0.493 e. The molecule has 0 aliphatic rings. The zero-order valence-corrected chi connectivity index (χ0v) is 15.5. The van der Waals surface area contributed by atoms with Crippen LogP contribution in [-0.4, -0.2) is 29.0 Å². The molecule has 0 aliphatic carbocycles. The summed E-state index contributed by atoms with van der Waals surface area (Å²) in [5.41, 5.74) is 1.29. The van der Waals surface area contributed by atoms with E-state index in [2.05, 4.69) is 15.3 Å². The average Bonchev–Trinajstić information content (AvgIpc) is 2.68. The Morgan fingerprint density at radius 1 is 1.04 bits per heavy atom. The second kappa shape index (κ2) is 8.31. The van der Waals surface area contributed by atoms with E-state index in [9.17, 15) is 4.79 Å². The summed E-state index contributed by atoms with van der Waals surface area (Å²) in [4.78, 5) is 21.0. The van der Waals surface area contributed by atoms with Gasteiger partial charge in [0.25, 0.3) is 5.91 Å². The van der Waals surface area contributed by atoms with E-state index in [0.717, 1.165) is 5.56 Å². The first kappa shape index (κ1) is 18.4. The quantitative estimate of drug-likeness (QED) is 0.714. The third-order valence-electron chi connectivity index (χ3n) is 3.72. The number of hydrogen-bond donors (Lipinski definition) is 1. The Hall–Kier alpha value is -3.41. The molecule has 0 saturated carbocycles. The van der Waals surface area contributed by atoms with Crippen molar-refractivity contribution in [3.63, 3.8) is 0 Å². The van der Waals surface area contributed by atoms with Crippen LogP contribution in [0.1, 0.15) is 24.2 Å². The maximum Gasteiger partial charge on any atom is 0.251 e. The first-order chi connectivity index (χ1) is 13.1. The highest BCUT2D eigenvalue weighted by molar-refractivity contribution is 5.95. The number of para-hydroxylation sites is 2. The second-order valence-electron chi connectivity index (χ2n) is 6.18. The highest BCUT2D eigenvalue weighted by atomic mass is 16.5. The summed E-state index contributed by atoms with van der Waals surface area (Å²) in [7, 11) is 1.58. The minimum Gasteiger partial charge on any atom is -0.493 e. The van der Waals surface area contributed by atoms with Gasteiger partial charge in [0.15, 0.2) is 17.3 Å². The van der Waals surface area contributed by atoms with Gasteiger partial charge in [-0.1, -0.05) is 24.3 Å². The van der Waals surface area contributed by atoms with Crippen molar-refractivity contribution < 1.29 is 14.3 Å². The van der Waals surface area contributed by atoms with Gasteiger partial charge in [0.2, 0.25) is 5.88 Å². The van der Waals surface area contributed by atoms with Crippen LogP contribution in [-0.2, 0) is 0 Å². The smallest absolute Gasteiger partial charge is 0.251 e. The molecule has 0 radical (unpaired) electrons. The normalized spacial score (nSPS) is 10.5. The molecule has 1 aromatic heterocycles. The number of nitrogens with zero attached hydrogens (tertiary/aromatic N) is 2. The molecule has 6 heteroatoms. The lowest BCUT2D eigenvalue weighted by Crippen LogP contribution is -2.30. The third-order valence-corrected chi connectivity index (χ3v) is 3.72. The predicted molar refractivity (Wildman–Crippen MR) is 103 cm³/mol. The molecule has 0 saturated heterocycles. The zero-order chi connectivity index (χ0) is 19.2. The van der Waals surface area contributed by atoms with Gasteiger partial charge in [-0.25, -0.2) is 4.98 Å². The van der Waals surface area contributed by atoms with Crippen LogP contribution in [0.5, 0.6) is 17.4 Å². The molecule has 6 nitrogen and oxygen atoms in total. The third kappa shape index (κ3) is 4.61. The van der Waals surface area contributed by atoms with Crippen LogP contribution >= 0.6 is 0 Å². The Kier molecular flexibility index (Phi) is 5.66. The molecule has 0 bridgehead atoms. The van der Waals surface area contributed by atoms with Gasteiger partial charge in [-0.15, -0.1) is 0 Å².